The summed E-state index contributed by atoms with van der Waals surface area (Å²) in [5.41, 5.74) is 2.11. The molecule has 2 aromatic rings. The first-order valence-electron chi connectivity index (χ1n) is 10.9. The highest BCUT2D eigenvalue weighted by Gasteiger charge is 2.49. The average molecular weight is 412 g/mol. The molecule has 4 rings (SSSR count). The number of carbonyl (C=O) groups is 1. The number of fused-ring (bicyclic) bond motifs is 2. The molecule has 5 heteroatoms. The highest BCUT2D eigenvalue weighted by Crippen LogP contribution is 2.42. The lowest BCUT2D eigenvalue weighted by Gasteiger charge is -2.44. The van der Waals surface area contributed by atoms with Crippen LogP contribution in [0.15, 0.2) is 48.5 Å². The van der Waals surface area contributed by atoms with Gasteiger partial charge in [-0.3, -0.25) is 4.90 Å². The normalized spacial score (nSPS) is 24.5. The van der Waals surface area contributed by atoms with Crippen molar-refractivity contribution in [3.8, 4) is 0 Å². The number of aryl methyl sites for hydroxylation is 1. The summed E-state index contributed by atoms with van der Waals surface area (Å²) in [5.74, 6) is -0.0261. The van der Waals surface area contributed by atoms with E-state index in [4.69, 9.17) is 4.74 Å². The highest BCUT2D eigenvalue weighted by molar-refractivity contribution is 5.87. The van der Waals surface area contributed by atoms with Crippen LogP contribution in [0.5, 0.6) is 0 Å². The van der Waals surface area contributed by atoms with E-state index in [1.807, 2.05) is 37.3 Å². The van der Waals surface area contributed by atoms with Gasteiger partial charge in [-0.05, 0) is 30.2 Å². The van der Waals surface area contributed by atoms with Crippen LogP contribution in [-0.4, -0.2) is 43.4 Å². The second-order valence-corrected chi connectivity index (χ2v) is 9.46. The number of hydrogen-bond donors (Lipinski definition) is 0. The van der Waals surface area contributed by atoms with Gasteiger partial charge < -0.3 is 9.22 Å². The first kappa shape index (κ1) is 20.9. The molecule has 30 heavy (non-hydrogen) atoms. The summed E-state index contributed by atoms with van der Waals surface area (Å²) in [4.78, 5) is 14.5. The SMILES string of the molecule is Cc1ccc(F)c(N(Cc2ccccc2)C(=O)OCC2C[C@H]3CC[C@@H](C2)[N+]3(C)C)c1. The topological polar surface area (TPSA) is 29.5 Å². The average Bonchev–Trinajstić information content (AvgIpc) is 2.89. The van der Waals surface area contributed by atoms with Crippen LogP contribution in [0.2, 0.25) is 0 Å². The van der Waals surface area contributed by atoms with E-state index >= 15 is 0 Å². The zero-order chi connectivity index (χ0) is 21.3. The molecule has 2 saturated heterocycles. The van der Waals surface area contributed by atoms with Crippen LogP contribution < -0.4 is 4.90 Å². The molecule has 1 amide bonds. The van der Waals surface area contributed by atoms with Crippen molar-refractivity contribution >= 4 is 11.8 Å². The highest BCUT2D eigenvalue weighted by atomic mass is 19.1. The van der Waals surface area contributed by atoms with Gasteiger partial charge in [0.15, 0.2) is 0 Å². The van der Waals surface area contributed by atoms with Crippen LogP contribution >= 0.6 is 0 Å². The Morgan fingerprint density at radius 2 is 1.77 bits per heavy atom. The fraction of sp³-hybridized carbons (Fsp3) is 0.480. The molecular weight excluding hydrogens is 379 g/mol. The largest absolute Gasteiger partial charge is 0.449 e. The van der Waals surface area contributed by atoms with Crippen LogP contribution in [0, 0.1) is 18.7 Å². The Hall–Kier alpha value is -2.40. The van der Waals surface area contributed by atoms with E-state index in [1.165, 1.54) is 23.8 Å². The second-order valence-electron chi connectivity index (χ2n) is 9.46. The van der Waals surface area contributed by atoms with Gasteiger partial charge in [-0.2, -0.15) is 0 Å². The van der Waals surface area contributed by atoms with Gasteiger partial charge in [-0.25, -0.2) is 9.18 Å². The number of quaternary nitrogens is 1. The van der Waals surface area contributed by atoms with Gasteiger partial charge in [0.1, 0.15) is 5.82 Å². The predicted octanol–water partition coefficient (Wildman–Crippen LogP) is 5.29. The van der Waals surface area contributed by atoms with Crippen LogP contribution in [0.1, 0.15) is 36.8 Å². The van der Waals surface area contributed by atoms with Gasteiger partial charge >= 0.3 is 6.09 Å². The summed E-state index contributed by atoms with van der Waals surface area (Å²) < 4.78 is 21.5. The summed E-state index contributed by atoms with van der Waals surface area (Å²) >= 11 is 0. The summed E-state index contributed by atoms with van der Waals surface area (Å²) in [6, 6.07) is 15.8. The van der Waals surface area contributed by atoms with Crippen molar-refractivity contribution in [1.82, 2.24) is 0 Å². The van der Waals surface area contributed by atoms with Gasteiger partial charge in [-0.1, -0.05) is 36.4 Å². The molecule has 0 spiro atoms. The number of amides is 1. The molecule has 2 aliphatic heterocycles. The third-order valence-electron chi connectivity index (χ3n) is 7.17. The monoisotopic (exact) mass is 411 g/mol. The molecule has 4 nitrogen and oxygen atoms in total. The molecule has 0 radical (unpaired) electrons. The van der Waals surface area contributed by atoms with Crippen molar-refractivity contribution in [3.05, 3.63) is 65.5 Å². The minimum absolute atomic E-state index is 0.269. The maximum absolute atomic E-state index is 14.6. The third kappa shape index (κ3) is 4.22. The van der Waals surface area contributed by atoms with Gasteiger partial charge in [0, 0.05) is 31.6 Å². The molecule has 1 unspecified atom stereocenters. The molecule has 0 saturated carbocycles. The Kier molecular flexibility index (Phi) is 5.83. The fourth-order valence-electron chi connectivity index (χ4n) is 5.24. The Morgan fingerprint density at radius 3 is 2.43 bits per heavy atom. The van der Waals surface area contributed by atoms with E-state index in [2.05, 4.69) is 14.1 Å². The molecule has 160 valence electrons. The number of carbonyl (C=O) groups excluding carboxylic acids is 1. The van der Waals surface area contributed by atoms with E-state index in [1.54, 1.807) is 12.1 Å². The number of anilines is 1. The zero-order valence-corrected chi connectivity index (χ0v) is 18.2. The number of nitrogens with zero attached hydrogens (tertiary/aromatic N) is 2. The maximum atomic E-state index is 14.6. The van der Waals surface area contributed by atoms with Gasteiger partial charge in [0.05, 0.1) is 45.0 Å². The molecule has 2 aromatic carbocycles. The molecule has 0 aliphatic carbocycles. The molecular formula is C25H32FN2O2+. The summed E-state index contributed by atoms with van der Waals surface area (Å²) in [7, 11) is 4.65. The molecule has 3 atom stereocenters. The number of halogens is 1. The van der Waals surface area contributed by atoms with Gasteiger partial charge in [0.2, 0.25) is 0 Å². The van der Waals surface area contributed by atoms with Crippen LogP contribution in [0.4, 0.5) is 14.9 Å². The number of rotatable bonds is 5. The molecule has 2 bridgehead atoms. The van der Waals surface area contributed by atoms with Crippen molar-refractivity contribution in [2.45, 2.75) is 51.2 Å². The summed E-state index contributed by atoms with van der Waals surface area (Å²) in [5, 5.41) is 0. The van der Waals surface area contributed by atoms with Crippen molar-refractivity contribution < 1.29 is 18.4 Å². The summed E-state index contributed by atoms with van der Waals surface area (Å²) in [6.07, 6.45) is 4.23. The lowest BCUT2D eigenvalue weighted by Crippen LogP contribution is -2.55. The Morgan fingerprint density at radius 1 is 1.10 bits per heavy atom. The maximum Gasteiger partial charge on any atom is 0.414 e. The lowest BCUT2D eigenvalue weighted by molar-refractivity contribution is -0.931. The molecule has 2 fully saturated rings. The van der Waals surface area contributed by atoms with Gasteiger partial charge in [0.25, 0.3) is 0 Å². The van der Waals surface area contributed by atoms with Crippen LogP contribution in [0.3, 0.4) is 0 Å². The fourth-order valence-corrected chi connectivity index (χ4v) is 5.24. The van der Waals surface area contributed by atoms with Crippen LogP contribution in [0.25, 0.3) is 0 Å². The Balaban J connectivity index is 1.48. The predicted molar refractivity (Wildman–Crippen MR) is 117 cm³/mol. The van der Waals surface area contributed by atoms with Gasteiger partial charge in [-0.15, -0.1) is 0 Å². The standard InChI is InChI=1S/C25H32FN2O2/c1-18-9-12-23(26)24(13-18)27(16-19-7-5-4-6-8-19)25(29)30-17-20-14-21-10-11-22(15-20)28(21,2)3/h4-9,12-13,20-22H,10-11,14-17H2,1-3H3/q+1/t20?,21-,22+. The minimum Gasteiger partial charge on any atom is -0.449 e. The van der Waals surface area contributed by atoms with E-state index < -0.39 is 11.9 Å². The van der Waals surface area contributed by atoms with Crippen molar-refractivity contribution in [2.24, 2.45) is 5.92 Å². The zero-order valence-electron chi connectivity index (χ0n) is 18.2. The minimum atomic E-state index is -0.477. The first-order chi connectivity index (χ1) is 14.3. The van der Waals surface area contributed by atoms with Crippen molar-refractivity contribution in [1.29, 1.82) is 0 Å². The van der Waals surface area contributed by atoms with E-state index in [9.17, 15) is 9.18 Å². The van der Waals surface area contributed by atoms with E-state index in [-0.39, 0.29) is 12.2 Å². The van der Waals surface area contributed by atoms with E-state index in [0.717, 1.165) is 28.5 Å². The molecule has 2 heterocycles. The molecule has 0 aromatic heterocycles. The quantitative estimate of drug-likeness (QED) is 0.625. The van der Waals surface area contributed by atoms with E-state index in [0.29, 0.717) is 24.6 Å². The number of piperidine rings is 1. The Bertz CT molecular complexity index is 883. The number of hydrogen-bond acceptors (Lipinski definition) is 2. The van der Waals surface area contributed by atoms with Crippen molar-refractivity contribution in [2.75, 3.05) is 25.6 Å². The molecule has 2 aliphatic rings. The Labute approximate surface area is 178 Å². The van der Waals surface area contributed by atoms with Crippen LogP contribution in [-0.2, 0) is 11.3 Å². The third-order valence-corrected chi connectivity index (χ3v) is 7.17. The second kappa shape index (κ2) is 8.38. The van der Waals surface area contributed by atoms with Crippen molar-refractivity contribution in [3.63, 3.8) is 0 Å². The number of benzene rings is 2. The lowest BCUT2D eigenvalue weighted by atomic mass is 9.90. The summed E-state index contributed by atoms with van der Waals surface area (Å²) in [6.45, 7) is 2.58. The smallest absolute Gasteiger partial charge is 0.414 e. The first-order valence-corrected chi connectivity index (χ1v) is 10.9. The number of ether oxygens (including phenoxy) is 1. The molecule has 0 N–H and O–H groups in total.